The van der Waals surface area contributed by atoms with Crippen LogP contribution in [-0.2, 0) is 13.0 Å². The number of ether oxygens (including phenoxy) is 2. The Balaban J connectivity index is 1.62. The SMILES string of the molecule is CCc1nn2c(nnc3c(=O)n(Cc4ccc(OC)c(OC)c4)cnc32)c1-c1ccccc1. The van der Waals surface area contributed by atoms with Crippen LogP contribution in [0.2, 0.25) is 0 Å². The van der Waals surface area contributed by atoms with E-state index in [0.717, 1.165) is 22.4 Å². The van der Waals surface area contributed by atoms with E-state index in [1.165, 1.54) is 10.9 Å². The Hall–Kier alpha value is -4.27. The van der Waals surface area contributed by atoms with E-state index >= 15 is 0 Å². The lowest BCUT2D eigenvalue weighted by molar-refractivity contribution is 0.354. The molecule has 0 aliphatic heterocycles. The topological polar surface area (TPSA) is 96.4 Å². The highest BCUT2D eigenvalue weighted by Gasteiger charge is 2.19. The standard InChI is InChI=1S/C24H22N6O3/c1-4-17-20(16-8-6-5-7-9-16)22-27-26-21-23(30(22)28-17)25-14-29(24(21)31)13-15-10-11-18(32-2)19(12-15)33-3/h5-12,14H,4,13H2,1-3H3. The molecule has 9 nitrogen and oxygen atoms in total. The van der Waals surface area contributed by atoms with Gasteiger partial charge in [0, 0.05) is 0 Å². The van der Waals surface area contributed by atoms with E-state index in [4.69, 9.17) is 14.6 Å². The fraction of sp³-hybridized carbons (Fsp3) is 0.208. The van der Waals surface area contributed by atoms with Crippen LogP contribution < -0.4 is 15.0 Å². The van der Waals surface area contributed by atoms with Crippen LogP contribution in [0.3, 0.4) is 0 Å². The Morgan fingerprint density at radius 3 is 2.45 bits per heavy atom. The zero-order valence-electron chi connectivity index (χ0n) is 18.5. The summed E-state index contributed by atoms with van der Waals surface area (Å²) in [5.74, 6) is 1.22. The van der Waals surface area contributed by atoms with Gasteiger partial charge in [-0.15, -0.1) is 10.2 Å². The van der Waals surface area contributed by atoms with Crippen LogP contribution >= 0.6 is 0 Å². The van der Waals surface area contributed by atoms with Gasteiger partial charge in [0.2, 0.25) is 0 Å². The molecule has 0 atom stereocenters. The van der Waals surface area contributed by atoms with Crippen molar-refractivity contribution in [1.29, 1.82) is 0 Å². The number of methoxy groups -OCH3 is 2. The Morgan fingerprint density at radius 1 is 0.939 bits per heavy atom. The van der Waals surface area contributed by atoms with Crippen LogP contribution in [0.15, 0.2) is 59.7 Å². The van der Waals surface area contributed by atoms with E-state index in [1.54, 1.807) is 24.8 Å². The van der Waals surface area contributed by atoms with Crippen LogP contribution in [0.4, 0.5) is 0 Å². The van der Waals surface area contributed by atoms with E-state index in [0.29, 0.717) is 35.8 Å². The van der Waals surface area contributed by atoms with Crippen molar-refractivity contribution in [3.63, 3.8) is 0 Å². The molecule has 0 spiro atoms. The third-order valence-electron chi connectivity index (χ3n) is 5.57. The van der Waals surface area contributed by atoms with Gasteiger partial charge in [-0.3, -0.25) is 9.36 Å². The summed E-state index contributed by atoms with van der Waals surface area (Å²) >= 11 is 0. The molecule has 166 valence electrons. The summed E-state index contributed by atoms with van der Waals surface area (Å²) in [6.45, 7) is 2.34. The summed E-state index contributed by atoms with van der Waals surface area (Å²) < 4.78 is 13.8. The van der Waals surface area contributed by atoms with E-state index in [-0.39, 0.29) is 11.1 Å². The van der Waals surface area contributed by atoms with Crippen molar-refractivity contribution in [1.82, 2.24) is 29.4 Å². The largest absolute Gasteiger partial charge is 0.493 e. The predicted molar refractivity (Wildman–Crippen MR) is 124 cm³/mol. The molecule has 0 saturated carbocycles. The molecule has 33 heavy (non-hydrogen) atoms. The average Bonchev–Trinajstić information content (AvgIpc) is 3.25. The number of fused-ring (bicyclic) bond motifs is 3. The molecular formula is C24H22N6O3. The van der Waals surface area contributed by atoms with Gasteiger partial charge in [-0.1, -0.05) is 43.3 Å². The van der Waals surface area contributed by atoms with E-state index in [2.05, 4.69) is 15.2 Å². The molecule has 0 unspecified atom stereocenters. The van der Waals surface area contributed by atoms with Crippen molar-refractivity contribution < 1.29 is 9.47 Å². The number of rotatable bonds is 6. The second-order valence-corrected chi connectivity index (χ2v) is 7.52. The monoisotopic (exact) mass is 442 g/mol. The second kappa shape index (κ2) is 8.34. The maximum absolute atomic E-state index is 13.2. The highest BCUT2D eigenvalue weighted by Crippen LogP contribution is 2.29. The minimum absolute atomic E-state index is 0.162. The third-order valence-corrected chi connectivity index (χ3v) is 5.57. The molecule has 3 heterocycles. The molecule has 9 heteroatoms. The molecule has 0 bridgehead atoms. The first kappa shape index (κ1) is 20.6. The van der Waals surface area contributed by atoms with Crippen LogP contribution in [-0.4, -0.2) is 43.6 Å². The minimum Gasteiger partial charge on any atom is -0.493 e. The van der Waals surface area contributed by atoms with Gasteiger partial charge < -0.3 is 9.47 Å². The smallest absolute Gasteiger partial charge is 0.283 e. The number of benzene rings is 2. The Morgan fingerprint density at radius 2 is 1.73 bits per heavy atom. The Bertz CT molecular complexity index is 1520. The lowest BCUT2D eigenvalue weighted by Crippen LogP contribution is -2.23. The highest BCUT2D eigenvalue weighted by atomic mass is 16.5. The van der Waals surface area contributed by atoms with Gasteiger partial charge in [0.1, 0.15) is 6.33 Å². The number of aromatic nitrogens is 6. The molecule has 3 aromatic heterocycles. The first-order chi connectivity index (χ1) is 16.1. The molecule has 0 aliphatic rings. The average molecular weight is 442 g/mol. The van der Waals surface area contributed by atoms with Crippen molar-refractivity contribution in [2.75, 3.05) is 14.2 Å². The number of aryl methyl sites for hydroxylation is 1. The number of nitrogens with zero attached hydrogens (tertiary/aromatic N) is 6. The van der Waals surface area contributed by atoms with Gasteiger partial charge in [0.15, 0.2) is 28.3 Å². The fourth-order valence-electron chi connectivity index (χ4n) is 3.94. The molecule has 2 aromatic carbocycles. The first-order valence-electron chi connectivity index (χ1n) is 10.5. The summed E-state index contributed by atoms with van der Waals surface area (Å²) in [5.41, 5.74) is 4.47. The lowest BCUT2D eigenvalue weighted by atomic mass is 10.0. The zero-order chi connectivity index (χ0) is 22.9. The molecule has 5 aromatic rings. The maximum Gasteiger partial charge on any atom is 0.283 e. The lowest BCUT2D eigenvalue weighted by Gasteiger charge is -2.11. The summed E-state index contributed by atoms with van der Waals surface area (Å²) in [6, 6.07) is 15.4. The normalized spacial score (nSPS) is 11.2. The molecule has 0 fully saturated rings. The summed E-state index contributed by atoms with van der Waals surface area (Å²) in [4.78, 5) is 17.7. The molecule has 5 rings (SSSR count). The van der Waals surface area contributed by atoms with Gasteiger partial charge in [0.25, 0.3) is 5.56 Å². The van der Waals surface area contributed by atoms with Gasteiger partial charge in [0.05, 0.1) is 32.0 Å². The van der Waals surface area contributed by atoms with Crippen LogP contribution in [0.5, 0.6) is 11.5 Å². The molecule has 0 N–H and O–H groups in total. The van der Waals surface area contributed by atoms with Crippen molar-refractivity contribution >= 4 is 16.8 Å². The predicted octanol–water partition coefficient (Wildman–Crippen LogP) is 3.13. The van der Waals surface area contributed by atoms with Crippen LogP contribution in [0.1, 0.15) is 18.2 Å². The molecule has 0 aliphatic carbocycles. The number of hydrogen-bond donors (Lipinski definition) is 0. The van der Waals surface area contributed by atoms with E-state index in [9.17, 15) is 4.79 Å². The number of hydrogen-bond acceptors (Lipinski definition) is 7. The molecule has 0 radical (unpaired) electrons. The zero-order valence-corrected chi connectivity index (χ0v) is 18.5. The first-order valence-corrected chi connectivity index (χ1v) is 10.5. The molecule has 0 amide bonds. The quantitative estimate of drug-likeness (QED) is 0.399. The summed E-state index contributed by atoms with van der Waals surface area (Å²) in [5, 5.41) is 13.3. The van der Waals surface area contributed by atoms with Crippen molar-refractivity contribution in [2.45, 2.75) is 19.9 Å². The van der Waals surface area contributed by atoms with E-state index in [1.807, 2.05) is 49.4 Å². The van der Waals surface area contributed by atoms with Gasteiger partial charge in [-0.05, 0) is 29.7 Å². The van der Waals surface area contributed by atoms with Gasteiger partial charge in [-0.2, -0.15) is 9.61 Å². The highest BCUT2D eigenvalue weighted by molar-refractivity contribution is 5.83. The molecule has 0 saturated heterocycles. The van der Waals surface area contributed by atoms with Gasteiger partial charge >= 0.3 is 0 Å². The Labute approximate surface area is 189 Å². The van der Waals surface area contributed by atoms with Crippen LogP contribution in [0, 0.1) is 0 Å². The Kier molecular flexibility index (Phi) is 5.21. The fourth-order valence-corrected chi connectivity index (χ4v) is 3.94. The summed E-state index contributed by atoms with van der Waals surface area (Å²) in [7, 11) is 3.15. The van der Waals surface area contributed by atoms with E-state index < -0.39 is 0 Å². The van der Waals surface area contributed by atoms with Crippen molar-refractivity contribution in [3.8, 4) is 22.6 Å². The minimum atomic E-state index is -0.293. The van der Waals surface area contributed by atoms with Crippen LogP contribution in [0.25, 0.3) is 27.9 Å². The third kappa shape index (κ3) is 3.47. The van der Waals surface area contributed by atoms with Crippen molar-refractivity contribution in [3.05, 3.63) is 76.5 Å². The maximum atomic E-state index is 13.2. The molecular weight excluding hydrogens is 420 g/mol. The second-order valence-electron chi connectivity index (χ2n) is 7.52. The van der Waals surface area contributed by atoms with Gasteiger partial charge in [-0.25, -0.2) is 4.98 Å². The summed E-state index contributed by atoms with van der Waals surface area (Å²) in [6.07, 6.45) is 2.23. The van der Waals surface area contributed by atoms with Crippen molar-refractivity contribution in [2.24, 2.45) is 0 Å².